The predicted octanol–water partition coefficient (Wildman–Crippen LogP) is 7.04. The van der Waals surface area contributed by atoms with E-state index in [0.717, 1.165) is 22.5 Å². The van der Waals surface area contributed by atoms with E-state index in [1.807, 2.05) is 11.8 Å². The number of aliphatic imine (C=N–C) groups is 1. The summed E-state index contributed by atoms with van der Waals surface area (Å²) in [4.78, 5) is 4.77. The fourth-order valence-electron chi connectivity index (χ4n) is 4.99. The molecule has 5 atom stereocenters. The average molecular weight is 698 g/mol. The molecule has 0 aliphatic carbocycles. The third-order valence-corrected chi connectivity index (χ3v) is 20.5. The molecule has 0 spiro atoms. The van der Waals surface area contributed by atoms with E-state index in [0.29, 0.717) is 0 Å². The van der Waals surface area contributed by atoms with Crippen LogP contribution in [-0.4, -0.2) is 35.1 Å². The Morgan fingerprint density at radius 1 is 1.03 bits per heavy atom. The molecule has 3 aromatic rings. The van der Waals surface area contributed by atoms with Gasteiger partial charge in [0.15, 0.2) is 0 Å². The summed E-state index contributed by atoms with van der Waals surface area (Å²) in [5.74, 6) is 0.977. The number of hydrogen-bond acceptors (Lipinski definition) is 4. The van der Waals surface area contributed by atoms with Gasteiger partial charge in [-0.2, -0.15) is 0 Å². The van der Waals surface area contributed by atoms with Crippen LogP contribution in [0.4, 0.5) is 0 Å². The van der Waals surface area contributed by atoms with E-state index >= 15 is 0 Å². The SMILES string of the molecule is CC1=NC(/C=C(\C)C(N)C(CP(I)(c2ccccc2)(c2ccccc2)c2ccccc2)OP(P)P)CS1. The Hall–Kier alpha value is -0.210. The van der Waals surface area contributed by atoms with Crippen LogP contribution < -0.4 is 21.6 Å². The molecule has 37 heavy (non-hydrogen) atoms. The van der Waals surface area contributed by atoms with E-state index in [9.17, 15) is 0 Å². The van der Waals surface area contributed by atoms with Gasteiger partial charge in [-0.05, 0) is 0 Å². The molecule has 5 unspecified atom stereocenters. The average Bonchev–Trinajstić information content (AvgIpc) is 3.33. The van der Waals surface area contributed by atoms with Crippen LogP contribution in [0.3, 0.4) is 0 Å². The third kappa shape index (κ3) is 6.58. The van der Waals surface area contributed by atoms with Crippen LogP contribution in [0.2, 0.25) is 0 Å². The Morgan fingerprint density at radius 3 is 1.86 bits per heavy atom. The van der Waals surface area contributed by atoms with Gasteiger partial charge >= 0.3 is 246 Å². The van der Waals surface area contributed by atoms with E-state index in [2.05, 4.69) is 151 Å². The second-order valence-corrected chi connectivity index (χ2v) is 27.0. The Kier molecular flexibility index (Phi) is 10.4. The fraction of sp³-hybridized carbons (Fsp3) is 0.250. The van der Waals surface area contributed by atoms with Gasteiger partial charge in [-0.3, -0.25) is 0 Å². The standard InChI is InChI=1S/C28H35IN2OP4S/c1-21(18-23-20-37-22(2)31-23)28(30)27(32-35(33)34)19-36(29,24-12-6-3-7-13-24,25-14-8-4-9-15-25)26-16-10-5-11-17-26/h3-18,23,27-28H,19-20,30,33-34H2,1-2H3/b21-18+. The first-order valence-corrected chi connectivity index (χ1v) is 22.9. The zero-order valence-corrected chi connectivity index (χ0v) is 28.2. The van der Waals surface area contributed by atoms with Crippen molar-refractivity contribution in [3.05, 3.63) is 103 Å². The second-order valence-electron chi connectivity index (χ2n) is 9.34. The molecule has 3 nitrogen and oxygen atoms in total. The number of nitrogens with two attached hydrogens (primary N) is 1. The number of thioether (sulfide) groups is 1. The molecule has 3 aromatic carbocycles. The summed E-state index contributed by atoms with van der Waals surface area (Å²) in [5, 5.41) is 5.14. The van der Waals surface area contributed by atoms with Crippen LogP contribution in [0, 0.1) is 0 Å². The molecule has 9 heteroatoms. The van der Waals surface area contributed by atoms with Gasteiger partial charge in [-0.1, -0.05) is 0 Å². The summed E-state index contributed by atoms with van der Waals surface area (Å²) in [5.41, 5.74) is 8.22. The quantitative estimate of drug-likeness (QED) is 0.141. The van der Waals surface area contributed by atoms with Gasteiger partial charge in [0.1, 0.15) is 0 Å². The van der Waals surface area contributed by atoms with Crippen LogP contribution in [0.25, 0.3) is 0 Å². The molecule has 1 heterocycles. The van der Waals surface area contributed by atoms with Gasteiger partial charge in [0, 0.05) is 0 Å². The van der Waals surface area contributed by atoms with E-state index < -0.39 is 11.8 Å². The molecular formula is C28H35IN2OP4S. The third-order valence-electron chi connectivity index (χ3n) is 6.86. The summed E-state index contributed by atoms with van der Waals surface area (Å²) >= 11 is 4.64. The molecule has 0 saturated carbocycles. The number of nitrogens with zero attached hydrogens (tertiary/aromatic N) is 1. The van der Waals surface area contributed by atoms with Gasteiger partial charge in [-0.15, -0.1) is 0 Å². The predicted molar refractivity (Wildman–Crippen MR) is 186 cm³/mol. The molecule has 2 N–H and O–H groups in total. The van der Waals surface area contributed by atoms with Crippen LogP contribution in [0.5, 0.6) is 0 Å². The molecule has 0 amide bonds. The first-order chi connectivity index (χ1) is 17.7. The van der Waals surface area contributed by atoms with Crippen LogP contribution in [-0.2, 0) is 4.52 Å². The van der Waals surface area contributed by atoms with Crippen LogP contribution >= 0.6 is 63.4 Å². The number of benzene rings is 3. The zero-order chi connectivity index (χ0) is 26.5. The molecule has 0 saturated heterocycles. The normalized spacial score (nSPS) is 19.2. The number of hydrogen-bond donors (Lipinski definition) is 1. The summed E-state index contributed by atoms with van der Waals surface area (Å²) in [6.45, 7) is 4.22. The van der Waals surface area contributed by atoms with Crippen molar-refractivity contribution in [2.45, 2.75) is 32.0 Å². The molecule has 1 aliphatic rings. The summed E-state index contributed by atoms with van der Waals surface area (Å²) in [7, 11) is 4.87. The Morgan fingerprint density at radius 2 is 1.49 bits per heavy atom. The minimum absolute atomic E-state index is 0.178. The first kappa shape index (κ1) is 29.8. The maximum atomic E-state index is 7.08. The molecule has 1 aliphatic heterocycles. The molecule has 0 radical (unpaired) electrons. The molecule has 196 valence electrons. The Bertz CT molecular complexity index is 1150. The Labute approximate surface area is 244 Å². The minimum atomic E-state index is -3.04. The second kappa shape index (κ2) is 13.0. The number of rotatable bonds is 10. The van der Waals surface area contributed by atoms with Crippen molar-refractivity contribution < 1.29 is 4.52 Å². The van der Waals surface area contributed by atoms with Gasteiger partial charge < -0.3 is 0 Å². The van der Waals surface area contributed by atoms with Gasteiger partial charge in [-0.25, -0.2) is 0 Å². The molecular weight excluding hydrogens is 663 g/mol. The van der Waals surface area contributed by atoms with E-state index in [4.69, 9.17) is 15.2 Å². The molecule has 0 bridgehead atoms. The van der Waals surface area contributed by atoms with E-state index in [-0.39, 0.29) is 18.2 Å². The van der Waals surface area contributed by atoms with Gasteiger partial charge in [0.25, 0.3) is 0 Å². The van der Waals surface area contributed by atoms with E-state index in [1.54, 1.807) is 0 Å². The fourth-order valence-corrected chi connectivity index (χ4v) is 16.3. The van der Waals surface area contributed by atoms with Crippen molar-refractivity contribution in [2.75, 3.05) is 11.9 Å². The topological polar surface area (TPSA) is 47.6 Å². The van der Waals surface area contributed by atoms with E-state index in [1.165, 1.54) is 15.9 Å². The molecule has 0 fully saturated rings. The maximum absolute atomic E-state index is 7.08. The molecule has 4 rings (SSSR count). The van der Waals surface area contributed by atoms with Crippen molar-refractivity contribution in [3.8, 4) is 0 Å². The molecule has 0 aromatic heterocycles. The van der Waals surface area contributed by atoms with Gasteiger partial charge in [0.2, 0.25) is 0 Å². The van der Waals surface area contributed by atoms with Crippen molar-refractivity contribution >= 4 is 84.4 Å². The van der Waals surface area contributed by atoms with Crippen LogP contribution in [0.1, 0.15) is 13.8 Å². The van der Waals surface area contributed by atoms with Crippen molar-refractivity contribution in [2.24, 2.45) is 10.7 Å². The zero-order valence-electron chi connectivity index (χ0n) is 21.2. The summed E-state index contributed by atoms with van der Waals surface area (Å²) in [6.07, 6.45) is 2.85. The monoisotopic (exact) mass is 698 g/mol. The van der Waals surface area contributed by atoms with Crippen LogP contribution in [0.15, 0.2) is 108 Å². The summed E-state index contributed by atoms with van der Waals surface area (Å²) in [6, 6.07) is 32.8. The Balaban J connectivity index is 1.90. The van der Waals surface area contributed by atoms with Crippen molar-refractivity contribution in [1.82, 2.24) is 0 Å². The van der Waals surface area contributed by atoms with Crippen molar-refractivity contribution in [1.29, 1.82) is 0 Å². The van der Waals surface area contributed by atoms with Gasteiger partial charge in [0.05, 0.1) is 0 Å². The number of halogens is 1. The summed E-state index contributed by atoms with van der Waals surface area (Å²) < 4.78 is 3.67. The first-order valence-electron chi connectivity index (χ1n) is 12.2. The van der Waals surface area contributed by atoms with Crippen molar-refractivity contribution in [3.63, 3.8) is 0 Å².